The normalized spacial score (nSPS) is 24.8. The van der Waals surface area contributed by atoms with E-state index in [4.69, 9.17) is 0 Å². The number of rotatable bonds is 3. The van der Waals surface area contributed by atoms with Crippen LogP contribution >= 0.6 is 0 Å². The van der Waals surface area contributed by atoms with Crippen molar-refractivity contribution in [3.63, 3.8) is 0 Å². The number of hydrogen-bond acceptors (Lipinski definition) is 2. The molecular weight excluding hydrogens is 236 g/mol. The van der Waals surface area contributed by atoms with Crippen molar-refractivity contribution in [2.45, 2.75) is 24.3 Å². The van der Waals surface area contributed by atoms with Gasteiger partial charge in [-0.25, -0.2) is 17.2 Å². The molecule has 88 valence electrons. The largest absolute Gasteiger partial charge is 0.256 e. The molecule has 1 aliphatic heterocycles. The maximum absolute atomic E-state index is 12.3. The van der Waals surface area contributed by atoms with Gasteiger partial charge in [-0.15, -0.1) is 0 Å². The number of nitrogens with zero attached hydrogens (tertiary/aromatic N) is 1. The topological polar surface area (TPSA) is 37.1 Å². The third-order valence-electron chi connectivity index (χ3n) is 2.52. The Morgan fingerprint density at radius 1 is 1.31 bits per heavy atom. The molecule has 0 aromatic heterocycles. The monoisotopic (exact) mass is 247 g/mol. The van der Waals surface area contributed by atoms with Crippen LogP contribution in [0.4, 0.5) is 8.78 Å². The molecule has 1 aromatic rings. The summed E-state index contributed by atoms with van der Waals surface area (Å²) >= 11 is 0. The van der Waals surface area contributed by atoms with Crippen molar-refractivity contribution in [2.24, 2.45) is 0 Å². The van der Waals surface area contributed by atoms with Gasteiger partial charge in [0.1, 0.15) is 0 Å². The summed E-state index contributed by atoms with van der Waals surface area (Å²) in [4.78, 5) is 0.0706. The van der Waals surface area contributed by atoms with Crippen molar-refractivity contribution in [3.8, 4) is 0 Å². The van der Waals surface area contributed by atoms with E-state index in [2.05, 4.69) is 0 Å². The van der Waals surface area contributed by atoms with Crippen LogP contribution in [0, 0.1) is 6.92 Å². The van der Waals surface area contributed by atoms with Crippen molar-refractivity contribution in [1.82, 2.24) is 4.31 Å². The molecule has 2 unspecified atom stereocenters. The fraction of sp³-hybridized carbons (Fsp3) is 0.400. The summed E-state index contributed by atoms with van der Waals surface area (Å²) in [5.74, 6) is 0. The summed E-state index contributed by atoms with van der Waals surface area (Å²) in [7, 11) is -3.72. The Hall–Kier alpha value is -1.01. The van der Waals surface area contributed by atoms with Gasteiger partial charge < -0.3 is 0 Å². The third-order valence-corrected chi connectivity index (χ3v) is 4.43. The Morgan fingerprint density at radius 2 is 1.88 bits per heavy atom. The molecule has 0 amide bonds. The number of halogens is 2. The predicted molar refractivity (Wildman–Crippen MR) is 54.9 cm³/mol. The molecule has 1 aromatic carbocycles. The first-order chi connectivity index (χ1) is 7.43. The third kappa shape index (κ3) is 1.94. The summed E-state index contributed by atoms with van der Waals surface area (Å²) in [6, 6.07) is 5.02. The number of benzene rings is 1. The van der Waals surface area contributed by atoms with E-state index in [1.54, 1.807) is 12.1 Å². The minimum Gasteiger partial charge on any atom is -0.209 e. The number of hydrogen-bond donors (Lipinski definition) is 0. The van der Waals surface area contributed by atoms with E-state index in [0.717, 1.165) is 9.87 Å². The van der Waals surface area contributed by atoms with Crippen molar-refractivity contribution < 1.29 is 17.2 Å². The minimum atomic E-state index is -3.72. The summed E-state index contributed by atoms with van der Waals surface area (Å²) in [6.45, 7) is 1.74. The van der Waals surface area contributed by atoms with Crippen LogP contribution in [0.25, 0.3) is 0 Å². The zero-order chi connectivity index (χ0) is 11.9. The van der Waals surface area contributed by atoms with Crippen LogP contribution < -0.4 is 0 Å². The van der Waals surface area contributed by atoms with Crippen molar-refractivity contribution in [3.05, 3.63) is 29.8 Å². The summed E-state index contributed by atoms with van der Waals surface area (Å²) < 4.78 is 49.0. The Balaban J connectivity index is 2.24. The second-order valence-electron chi connectivity index (χ2n) is 3.79. The predicted octanol–water partition coefficient (Wildman–Crippen LogP) is 1.63. The second kappa shape index (κ2) is 3.78. The highest BCUT2D eigenvalue weighted by atomic mass is 32.2. The van der Waals surface area contributed by atoms with Gasteiger partial charge in [0.15, 0.2) is 0 Å². The zero-order valence-electron chi connectivity index (χ0n) is 8.60. The lowest BCUT2D eigenvalue weighted by Crippen LogP contribution is -2.18. The Bertz CT molecular complexity index is 484. The molecule has 16 heavy (non-hydrogen) atoms. The molecular formula is C10H11F2NO2S. The fourth-order valence-electron chi connectivity index (χ4n) is 1.46. The van der Waals surface area contributed by atoms with Gasteiger partial charge in [0, 0.05) is 6.54 Å². The smallest absolute Gasteiger partial charge is 0.209 e. The van der Waals surface area contributed by atoms with E-state index in [1.807, 2.05) is 6.92 Å². The molecule has 0 spiro atoms. The highest BCUT2D eigenvalue weighted by molar-refractivity contribution is 7.89. The van der Waals surface area contributed by atoms with Crippen LogP contribution in [0.15, 0.2) is 29.2 Å². The van der Waals surface area contributed by atoms with E-state index in [0.29, 0.717) is 0 Å². The molecule has 2 atom stereocenters. The maximum atomic E-state index is 12.3. The lowest BCUT2D eigenvalue weighted by atomic mass is 10.2. The number of aryl methyl sites for hydroxylation is 1. The number of alkyl halides is 2. The number of sulfonamides is 1. The van der Waals surface area contributed by atoms with Gasteiger partial charge in [-0.2, -0.15) is 4.31 Å². The quantitative estimate of drug-likeness (QED) is 0.761. The van der Waals surface area contributed by atoms with Crippen LogP contribution in [-0.4, -0.2) is 31.7 Å². The molecule has 1 heterocycles. The lowest BCUT2D eigenvalue weighted by molar-refractivity contribution is 0.138. The molecule has 0 radical (unpaired) electrons. The molecule has 0 saturated carbocycles. The molecule has 1 fully saturated rings. The van der Waals surface area contributed by atoms with Crippen LogP contribution in [0.1, 0.15) is 5.56 Å². The molecule has 2 rings (SSSR count). The average molecular weight is 247 g/mol. The first kappa shape index (κ1) is 11.5. The Morgan fingerprint density at radius 3 is 2.31 bits per heavy atom. The van der Waals surface area contributed by atoms with Gasteiger partial charge in [0.2, 0.25) is 10.0 Å². The highest BCUT2D eigenvalue weighted by Gasteiger charge is 2.50. The zero-order valence-corrected chi connectivity index (χ0v) is 9.42. The van der Waals surface area contributed by atoms with E-state index >= 15 is 0 Å². The van der Waals surface area contributed by atoms with Crippen LogP contribution in [0.5, 0.6) is 0 Å². The van der Waals surface area contributed by atoms with Gasteiger partial charge in [-0.05, 0) is 19.1 Å². The Kier molecular flexibility index (Phi) is 2.71. The van der Waals surface area contributed by atoms with Crippen molar-refractivity contribution >= 4 is 10.0 Å². The van der Waals surface area contributed by atoms with Crippen molar-refractivity contribution in [1.29, 1.82) is 0 Å². The average Bonchev–Trinajstić information content (AvgIpc) is 2.98. The van der Waals surface area contributed by atoms with Gasteiger partial charge in [0.25, 0.3) is 6.43 Å². The molecule has 0 bridgehead atoms. The standard InChI is InChI=1S/C10H11F2NO2S/c1-7-2-4-8(5-3-7)16(14,15)13-6-9(13)10(11)12/h2-5,9-10H,6H2,1H3. The fourth-order valence-corrected chi connectivity index (χ4v) is 3.01. The van der Waals surface area contributed by atoms with E-state index < -0.39 is 22.5 Å². The van der Waals surface area contributed by atoms with Crippen LogP contribution in [-0.2, 0) is 10.0 Å². The second-order valence-corrected chi connectivity index (χ2v) is 5.68. The molecule has 1 saturated heterocycles. The van der Waals surface area contributed by atoms with Crippen molar-refractivity contribution in [2.75, 3.05) is 6.54 Å². The highest BCUT2D eigenvalue weighted by Crippen LogP contribution is 2.31. The first-order valence-corrected chi connectivity index (χ1v) is 6.23. The van der Waals surface area contributed by atoms with E-state index in [-0.39, 0.29) is 11.4 Å². The summed E-state index contributed by atoms with van der Waals surface area (Å²) in [6.07, 6.45) is -2.61. The lowest BCUT2D eigenvalue weighted by Gasteiger charge is -2.06. The molecule has 3 nitrogen and oxygen atoms in total. The van der Waals surface area contributed by atoms with E-state index in [1.165, 1.54) is 12.1 Å². The molecule has 0 N–H and O–H groups in total. The summed E-state index contributed by atoms with van der Waals surface area (Å²) in [5.41, 5.74) is 0.926. The van der Waals surface area contributed by atoms with Crippen LogP contribution in [0.2, 0.25) is 0 Å². The SMILES string of the molecule is Cc1ccc(S(=O)(=O)N2CC2C(F)F)cc1. The summed E-state index contributed by atoms with van der Waals surface area (Å²) in [5, 5.41) is 0. The van der Waals surface area contributed by atoms with Gasteiger partial charge in [-0.1, -0.05) is 17.7 Å². The molecule has 1 aliphatic rings. The first-order valence-electron chi connectivity index (χ1n) is 4.79. The minimum absolute atomic E-state index is 0.0706. The van der Waals surface area contributed by atoms with Crippen LogP contribution in [0.3, 0.4) is 0 Å². The van der Waals surface area contributed by atoms with Gasteiger partial charge in [-0.3, -0.25) is 0 Å². The molecule has 6 heteroatoms. The molecule has 0 aliphatic carbocycles. The maximum Gasteiger partial charge on any atom is 0.256 e. The van der Waals surface area contributed by atoms with Gasteiger partial charge in [0.05, 0.1) is 10.9 Å². The Labute approximate surface area is 92.7 Å². The van der Waals surface area contributed by atoms with Gasteiger partial charge >= 0.3 is 0 Å². The van der Waals surface area contributed by atoms with E-state index in [9.17, 15) is 17.2 Å².